The van der Waals surface area contributed by atoms with Crippen molar-refractivity contribution in [3.63, 3.8) is 0 Å². The van der Waals surface area contributed by atoms with Gasteiger partial charge in [-0.3, -0.25) is 0 Å². The molecule has 0 aliphatic rings. The van der Waals surface area contributed by atoms with Gasteiger partial charge in [-0.15, -0.1) is 0 Å². The smallest absolute Gasteiger partial charge is 0.0533 e. The molecule has 0 N–H and O–H groups in total. The van der Waals surface area contributed by atoms with Gasteiger partial charge in [0.2, 0.25) is 0 Å². The lowest BCUT2D eigenvalue weighted by molar-refractivity contribution is 0.548. The summed E-state index contributed by atoms with van der Waals surface area (Å²) in [7, 11) is 0. The van der Waals surface area contributed by atoms with Gasteiger partial charge in [0.1, 0.15) is 0 Å². The van der Waals surface area contributed by atoms with Crippen molar-refractivity contribution in [2.45, 2.75) is 90.9 Å². The van der Waals surface area contributed by atoms with Crippen LogP contribution in [0.15, 0.2) is 0 Å². The Morgan fingerprint density at radius 3 is 0.875 bits per heavy atom. The minimum atomic E-state index is 1.37. The molecule has 0 radical (unpaired) electrons. The van der Waals surface area contributed by atoms with E-state index in [1.54, 1.807) is 0 Å². The third-order valence-electron chi connectivity index (χ3n) is 2.96. The molecule has 0 aromatic heterocycles. The van der Waals surface area contributed by atoms with Gasteiger partial charge in [-0.05, 0) is 0 Å². The first-order chi connectivity index (χ1) is 7.91. The zero-order valence-corrected chi connectivity index (χ0v) is 11.4. The third kappa shape index (κ3) is 19.1. The van der Waals surface area contributed by atoms with Crippen molar-refractivity contribution < 1.29 is 0 Å². The predicted octanol–water partition coefficient (Wildman–Crippen LogP) is 5.80. The van der Waals surface area contributed by atoms with Crippen molar-refractivity contribution in [2.24, 2.45) is 0 Å². The number of nitrogens with zero attached hydrogens (tertiary/aromatic N) is 1. The number of hydrogen-bond donors (Lipinski definition) is 0. The minimum absolute atomic E-state index is 1.37. The average Bonchev–Trinajstić information content (AvgIpc) is 2.34. The number of hydrogen-bond acceptors (Lipinski definition) is 1. The molecule has 1 nitrogen and oxygen atoms in total. The fraction of sp³-hybridized carbons (Fsp3) is 0.933. The van der Waals surface area contributed by atoms with E-state index in [1.807, 2.05) is 0 Å². The van der Waals surface area contributed by atoms with Gasteiger partial charge in [-0.2, -0.15) is 0 Å². The van der Waals surface area contributed by atoms with Crippen LogP contribution in [0.4, 0.5) is 0 Å². The van der Waals surface area contributed by atoms with Crippen LogP contribution in [0.25, 0.3) is 0 Å². The van der Waals surface area contributed by atoms with E-state index in [9.17, 15) is 0 Å². The Labute approximate surface area is 103 Å². The zero-order chi connectivity index (χ0) is 12.5. The van der Waals surface area contributed by atoms with E-state index < -0.39 is 0 Å². The molecule has 0 spiro atoms. The summed E-state index contributed by atoms with van der Waals surface area (Å²) in [6.07, 6.45) is 17.4. The van der Waals surface area contributed by atoms with E-state index in [0.29, 0.717) is 0 Å². The highest BCUT2D eigenvalue weighted by Gasteiger charge is 1.91. The van der Waals surface area contributed by atoms with Crippen LogP contribution in [0.1, 0.15) is 90.9 Å². The van der Waals surface area contributed by atoms with E-state index in [1.165, 1.54) is 77.0 Å². The topological polar surface area (TPSA) is 23.8 Å². The molecular weight excluding hydrogens is 194 g/mol. The molecule has 0 rings (SSSR count). The Hall–Kier alpha value is -0.510. The second-order valence-electron chi connectivity index (χ2n) is 4.54. The SMILES string of the molecule is CCCCCCCCCCCCCC.[C-]#N. The summed E-state index contributed by atoms with van der Waals surface area (Å²) < 4.78 is 0. The van der Waals surface area contributed by atoms with Gasteiger partial charge < -0.3 is 11.8 Å². The van der Waals surface area contributed by atoms with E-state index in [2.05, 4.69) is 13.8 Å². The normalized spacial score (nSPS) is 9.50. The summed E-state index contributed by atoms with van der Waals surface area (Å²) in [5.41, 5.74) is 0. The van der Waals surface area contributed by atoms with Crippen molar-refractivity contribution >= 4 is 0 Å². The fourth-order valence-electron chi connectivity index (χ4n) is 1.91. The second kappa shape index (κ2) is 20.0. The largest absolute Gasteiger partial charge is 0.512 e. The van der Waals surface area contributed by atoms with Crippen molar-refractivity contribution in [3.05, 3.63) is 6.57 Å². The van der Waals surface area contributed by atoms with Gasteiger partial charge >= 0.3 is 0 Å². The summed E-state index contributed by atoms with van der Waals surface area (Å²) in [4.78, 5) is 0. The second-order valence-corrected chi connectivity index (χ2v) is 4.54. The van der Waals surface area contributed by atoms with Crippen LogP contribution in [0.5, 0.6) is 0 Å². The van der Waals surface area contributed by atoms with Crippen LogP contribution in [0, 0.1) is 11.8 Å². The fourth-order valence-corrected chi connectivity index (χ4v) is 1.91. The van der Waals surface area contributed by atoms with Crippen molar-refractivity contribution in [1.82, 2.24) is 0 Å². The first-order valence-corrected chi connectivity index (χ1v) is 7.14. The summed E-state index contributed by atoms with van der Waals surface area (Å²) in [5, 5.41) is 6.25. The number of rotatable bonds is 11. The molecular formula is C15H30N-. The highest BCUT2D eigenvalue weighted by Crippen LogP contribution is 2.11. The van der Waals surface area contributed by atoms with Crippen LogP contribution in [0.2, 0.25) is 0 Å². The molecule has 0 atom stereocenters. The van der Waals surface area contributed by atoms with E-state index >= 15 is 0 Å². The lowest BCUT2D eigenvalue weighted by Gasteiger charge is -2.01. The quantitative estimate of drug-likeness (QED) is 0.321. The lowest BCUT2D eigenvalue weighted by Crippen LogP contribution is -1.81. The zero-order valence-electron chi connectivity index (χ0n) is 11.4. The molecule has 0 amide bonds. The predicted molar refractivity (Wildman–Crippen MR) is 71.7 cm³/mol. The maximum Gasteiger partial charge on any atom is -0.0533 e. The average molecular weight is 224 g/mol. The molecule has 0 unspecified atom stereocenters. The van der Waals surface area contributed by atoms with Gasteiger partial charge in [0.15, 0.2) is 0 Å². The minimum Gasteiger partial charge on any atom is -0.512 e. The van der Waals surface area contributed by atoms with Crippen LogP contribution in [-0.4, -0.2) is 0 Å². The molecule has 0 aliphatic carbocycles. The molecule has 0 aromatic carbocycles. The Kier molecular flexibility index (Phi) is 22.3. The Bertz CT molecular complexity index is 106. The summed E-state index contributed by atoms with van der Waals surface area (Å²) >= 11 is 0. The van der Waals surface area contributed by atoms with Crippen LogP contribution >= 0.6 is 0 Å². The molecule has 0 saturated carbocycles. The Morgan fingerprint density at radius 1 is 0.500 bits per heavy atom. The van der Waals surface area contributed by atoms with Gasteiger partial charge in [-0.1, -0.05) is 90.9 Å². The van der Waals surface area contributed by atoms with Crippen LogP contribution in [0.3, 0.4) is 0 Å². The summed E-state index contributed by atoms with van der Waals surface area (Å²) in [5.74, 6) is 0. The first-order valence-electron chi connectivity index (χ1n) is 7.14. The van der Waals surface area contributed by atoms with Gasteiger partial charge in [-0.25, -0.2) is 0 Å². The highest BCUT2D eigenvalue weighted by molar-refractivity contribution is 4.47. The molecule has 0 bridgehead atoms. The standard InChI is InChI=1S/C14H30.CN/c1-3-5-7-9-11-13-14-12-10-8-6-4-2;1-2/h3-14H2,1-2H3;/q;-1. The van der Waals surface area contributed by atoms with Crippen molar-refractivity contribution in [1.29, 1.82) is 5.26 Å². The molecule has 96 valence electrons. The Morgan fingerprint density at radius 2 is 0.688 bits per heavy atom. The molecule has 0 fully saturated rings. The molecule has 16 heavy (non-hydrogen) atoms. The molecule has 0 heterocycles. The van der Waals surface area contributed by atoms with Gasteiger partial charge in [0.25, 0.3) is 0 Å². The van der Waals surface area contributed by atoms with Crippen molar-refractivity contribution in [3.8, 4) is 0 Å². The highest BCUT2D eigenvalue weighted by atomic mass is 14.2. The van der Waals surface area contributed by atoms with Gasteiger partial charge in [0, 0.05) is 0 Å². The Balaban J connectivity index is 0. The van der Waals surface area contributed by atoms with E-state index in [0.717, 1.165) is 0 Å². The van der Waals surface area contributed by atoms with Gasteiger partial charge in [0.05, 0.1) is 0 Å². The lowest BCUT2D eigenvalue weighted by atomic mass is 10.1. The van der Waals surface area contributed by atoms with Crippen LogP contribution in [-0.2, 0) is 0 Å². The monoisotopic (exact) mass is 224 g/mol. The molecule has 1 heteroatoms. The molecule has 0 aromatic rings. The maximum absolute atomic E-state index is 6.25. The first kappa shape index (κ1) is 17.9. The van der Waals surface area contributed by atoms with E-state index in [-0.39, 0.29) is 0 Å². The number of unbranched alkanes of at least 4 members (excludes halogenated alkanes) is 11. The molecule has 0 saturated heterocycles. The third-order valence-corrected chi connectivity index (χ3v) is 2.96. The molecule has 0 aliphatic heterocycles. The summed E-state index contributed by atoms with van der Waals surface area (Å²) in [6, 6.07) is 0. The van der Waals surface area contributed by atoms with E-state index in [4.69, 9.17) is 11.8 Å². The summed E-state index contributed by atoms with van der Waals surface area (Å²) in [6.45, 7) is 9.32. The van der Waals surface area contributed by atoms with Crippen LogP contribution < -0.4 is 0 Å². The maximum atomic E-state index is 6.25. The van der Waals surface area contributed by atoms with Crippen molar-refractivity contribution in [2.75, 3.05) is 0 Å².